The van der Waals surface area contributed by atoms with Crippen LogP contribution in [0.4, 0.5) is 5.69 Å². The normalized spacial score (nSPS) is 11.4. The summed E-state index contributed by atoms with van der Waals surface area (Å²) >= 11 is 1.12. The summed E-state index contributed by atoms with van der Waals surface area (Å²) in [5, 5.41) is 4.38. The van der Waals surface area contributed by atoms with Crippen LogP contribution in [0, 0.1) is 0 Å². The fourth-order valence-electron chi connectivity index (χ4n) is 2.43. The second kappa shape index (κ2) is 9.01. The molecule has 8 heteroatoms. The average molecular weight is 417 g/mol. The van der Waals surface area contributed by atoms with Gasteiger partial charge in [-0.05, 0) is 41.3 Å². The fraction of sp³-hybridized carbons (Fsp3) is 0.150. The molecule has 146 valence electrons. The van der Waals surface area contributed by atoms with Crippen molar-refractivity contribution < 1.29 is 17.9 Å². The maximum atomic E-state index is 12.4. The van der Waals surface area contributed by atoms with Crippen molar-refractivity contribution in [3.8, 4) is 5.75 Å². The lowest BCUT2D eigenvalue weighted by molar-refractivity contribution is -0.116. The summed E-state index contributed by atoms with van der Waals surface area (Å²) in [5.41, 5.74) is 1.63. The van der Waals surface area contributed by atoms with Gasteiger partial charge in [0.25, 0.3) is 10.0 Å². The Morgan fingerprint density at radius 3 is 2.39 bits per heavy atom. The summed E-state index contributed by atoms with van der Waals surface area (Å²) < 4.78 is 31.7. The molecule has 0 radical (unpaired) electrons. The Balaban J connectivity index is 1.53. The first-order valence-electron chi connectivity index (χ1n) is 8.51. The van der Waals surface area contributed by atoms with Crippen molar-refractivity contribution in [1.82, 2.24) is 4.31 Å². The number of carbonyl (C=O) groups excluding carboxylic acids is 1. The summed E-state index contributed by atoms with van der Waals surface area (Å²) in [5.74, 6) is 0.264. The van der Waals surface area contributed by atoms with Gasteiger partial charge in [0.15, 0.2) is 0 Å². The molecule has 0 bridgehead atoms. The Labute approximate surface area is 168 Å². The van der Waals surface area contributed by atoms with Gasteiger partial charge in [0, 0.05) is 12.7 Å². The Kier molecular flexibility index (Phi) is 6.45. The van der Waals surface area contributed by atoms with Gasteiger partial charge >= 0.3 is 0 Å². The molecule has 0 aliphatic heterocycles. The summed E-state index contributed by atoms with van der Waals surface area (Å²) in [4.78, 5) is 12.2. The van der Waals surface area contributed by atoms with Crippen molar-refractivity contribution in [2.24, 2.45) is 0 Å². The molecular formula is C20H20N2O4S2. The van der Waals surface area contributed by atoms with Crippen molar-refractivity contribution in [2.75, 3.05) is 18.9 Å². The van der Waals surface area contributed by atoms with Gasteiger partial charge in [-0.25, -0.2) is 8.42 Å². The zero-order valence-corrected chi connectivity index (χ0v) is 16.9. The van der Waals surface area contributed by atoms with Gasteiger partial charge in [-0.15, -0.1) is 11.3 Å². The Hall–Kier alpha value is -2.68. The lowest BCUT2D eigenvalue weighted by Crippen LogP contribution is -2.34. The second-order valence-electron chi connectivity index (χ2n) is 6.04. The number of hydrogen-bond donors (Lipinski definition) is 1. The van der Waals surface area contributed by atoms with Crippen LogP contribution in [-0.2, 0) is 21.4 Å². The van der Waals surface area contributed by atoms with E-state index in [2.05, 4.69) is 5.32 Å². The molecule has 1 aromatic heterocycles. The highest BCUT2D eigenvalue weighted by Gasteiger charge is 2.23. The second-order valence-corrected chi connectivity index (χ2v) is 9.26. The number of nitrogens with zero attached hydrogens (tertiary/aromatic N) is 1. The van der Waals surface area contributed by atoms with Gasteiger partial charge in [-0.3, -0.25) is 4.79 Å². The first-order valence-corrected chi connectivity index (χ1v) is 10.8. The van der Waals surface area contributed by atoms with E-state index in [4.69, 9.17) is 4.74 Å². The fourth-order valence-corrected chi connectivity index (χ4v) is 4.76. The molecule has 0 fully saturated rings. The Morgan fingerprint density at radius 2 is 1.75 bits per heavy atom. The summed E-state index contributed by atoms with van der Waals surface area (Å²) in [6.07, 6.45) is 0. The highest BCUT2D eigenvalue weighted by molar-refractivity contribution is 7.91. The largest absolute Gasteiger partial charge is 0.489 e. The summed E-state index contributed by atoms with van der Waals surface area (Å²) in [6, 6.07) is 19.9. The molecule has 2 aromatic carbocycles. The van der Waals surface area contributed by atoms with E-state index in [0.717, 1.165) is 21.2 Å². The van der Waals surface area contributed by atoms with Crippen molar-refractivity contribution >= 4 is 33.0 Å². The zero-order valence-electron chi connectivity index (χ0n) is 15.2. The van der Waals surface area contributed by atoms with Gasteiger partial charge in [0.05, 0.1) is 6.54 Å². The van der Waals surface area contributed by atoms with Crippen LogP contribution in [0.1, 0.15) is 5.56 Å². The molecule has 6 nitrogen and oxygen atoms in total. The number of rotatable bonds is 8. The minimum Gasteiger partial charge on any atom is -0.489 e. The van der Waals surface area contributed by atoms with E-state index in [1.165, 1.54) is 13.1 Å². The third-order valence-electron chi connectivity index (χ3n) is 3.91. The van der Waals surface area contributed by atoms with Crippen LogP contribution in [-0.4, -0.2) is 32.2 Å². The maximum absolute atomic E-state index is 12.4. The molecule has 0 aliphatic carbocycles. The first kappa shape index (κ1) is 20.1. The van der Waals surface area contributed by atoms with Crippen molar-refractivity contribution in [3.63, 3.8) is 0 Å². The third-order valence-corrected chi connectivity index (χ3v) is 7.09. The van der Waals surface area contributed by atoms with E-state index in [-0.39, 0.29) is 10.8 Å². The van der Waals surface area contributed by atoms with Crippen molar-refractivity contribution in [1.29, 1.82) is 0 Å². The number of hydrogen-bond acceptors (Lipinski definition) is 5. The monoisotopic (exact) mass is 416 g/mol. The quantitative estimate of drug-likeness (QED) is 0.609. The Bertz CT molecular complexity index is 1000. The molecule has 0 saturated carbocycles. The highest BCUT2D eigenvalue weighted by atomic mass is 32.2. The minimum atomic E-state index is -3.65. The molecule has 0 saturated heterocycles. The van der Waals surface area contributed by atoms with E-state index in [1.54, 1.807) is 35.7 Å². The van der Waals surface area contributed by atoms with Crippen molar-refractivity contribution in [3.05, 3.63) is 77.7 Å². The lowest BCUT2D eigenvalue weighted by atomic mass is 10.2. The smallest absolute Gasteiger partial charge is 0.252 e. The van der Waals surface area contributed by atoms with Crippen LogP contribution < -0.4 is 10.1 Å². The molecule has 0 aliphatic rings. The third kappa shape index (κ3) is 5.19. The van der Waals surface area contributed by atoms with E-state index >= 15 is 0 Å². The lowest BCUT2D eigenvalue weighted by Gasteiger charge is -2.15. The molecule has 3 aromatic rings. The van der Waals surface area contributed by atoms with Crippen LogP contribution >= 0.6 is 11.3 Å². The molecule has 1 heterocycles. The zero-order chi connectivity index (χ0) is 20.0. The number of amides is 1. The predicted octanol–water partition coefficient (Wildman–Crippen LogP) is 3.59. The SMILES string of the molecule is CN(CC(=O)Nc1ccc(OCc2ccccc2)cc1)S(=O)(=O)c1cccs1. The number of anilines is 1. The van der Waals surface area contributed by atoms with Crippen LogP contribution in [0.25, 0.3) is 0 Å². The van der Waals surface area contributed by atoms with E-state index in [0.29, 0.717) is 18.0 Å². The van der Waals surface area contributed by atoms with Gasteiger partial charge in [-0.2, -0.15) is 4.31 Å². The van der Waals surface area contributed by atoms with Gasteiger partial charge in [0.2, 0.25) is 5.91 Å². The van der Waals surface area contributed by atoms with Gasteiger partial charge in [-0.1, -0.05) is 36.4 Å². The molecule has 0 spiro atoms. The topological polar surface area (TPSA) is 75.7 Å². The number of likely N-dealkylation sites (N-methyl/N-ethyl adjacent to an activating group) is 1. The standard InChI is InChI=1S/C20H20N2O4S2/c1-22(28(24,25)20-8-5-13-27-20)14-19(23)21-17-9-11-18(12-10-17)26-15-16-6-3-2-4-7-16/h2-13H,14-15H2,1H3,(H,21,23). The molecule has 0 unspecified atom stereocenters. The molecule has 0 atom stereocenters. The van der Waals surface area contributed by atoms with E-state index in [9.17, 15) is 13.2 Å². The van der Waals surface area contributed by atoms with Gasteiger partial charge < -0.3 is 10.1 Å². The van der Waals surface area contributed by atoms with Crippen LogP contribution in [0.3, 0.4) is 0 Å². The molecule has 3 rings (SSSR count). The van der Waals surface area contributed by atoms with Crippen LogP contribution in [0.5, 0.6) is 5.75 Å². The molecule has 1 N–H and O–H groups in total. The predicted molar refractivity (Wildman–Crippen MR) is 110 cm³/mol. The number of ether oxygens (including phenoxy) is 1. The Morgan fingerprint density at radius 1 is 1.04 bits per heavy atom. The number of sulfonamides is 1. The van der Waals surface area contributed by atoms with Crippen molar-refractivity contribution in [2.45, 2.75) is 10.8 Å². The van der Waals surface area contributed by atoms with E-state index in [1.807, 2.05) is 30.3 Å². The maximum Gasteiger partial charge on any atom is 0.252 e. The summed E-state index contributed by atoms with van der Waals surface area (Å²) in [6.45, 7) is 0.185. The number of carbonyl (C=O) groups is 1. The van der Waals surface area contributed by atoms with Gasteiger partial charge in [0.1, 0.15) is 16.6 Å². The van der Waals surface area contributed by atoms with Crippen LogP contribution in [0.2, 0.25) is 0 Å². The minimum absolute atomic E-state index is 0.211. The highest BCUT2D eigenvalue weighted by Crippen LogP contribution is 2.20. The molecule has 28 heavy (non-hydrogen) atoms. The molecular weight excluding hydrogens is 396 g/mol. The molecule has 1 amide bonds. The number of thiophene rings is 1. The summed E-state index contributed by atoms with van der Waals surface area (Å²) in [7, 11) is -2.27. The van der Waals surface area contributed by atoms with E-state index < -0.39 is 15.9 Å². The number of nitrogens with one attached hydrogen (secondary N) is 1. The number of benzene rings is 2. The first-order chi connectivity index (χ1) is 13.4. The van der Waals surface area contributed by atoms with Crippen LogP contribution in [0.15, 0.2) is 76.3 Å². The average Bonchev–Trinajstić information content (AvgIpc) is 3.24.